The molecule has 2 aliphatic rings. The lowest BCUT2D eigenvalue weighted by molar-refractivity contribution is 0.785. The molecule has 0 saturated carbocycles. The molecule has 0 fully saturated rings. The summed E-state index contributed by atoms with van der Waals surface area (Å²) in [6, 6.07) is 10.9. The molecule has 2 nitrogen and oxygen atoms in total. The van der Waals surface area contributed by atoms with E-state index in [1.165, 1.54) is 34.9 Å². The van der Waals surface area contributed by atoms with Crippen LogP contribution in [0.1, 0.15) is 12.0 Å². The van der Waals surface area contributed by atoms with E-state index in [1.54, 1.807) is 0 Å². The van der Waals surface area contributed by atoms with Gasteiger partial charge in [-0.15, -0.1) is 0 Å². The zero-order valence-electron chi connectivity index (χ0n) is 8.98. The summed E-state index contributed by atoms with van der Waals surface area (Å²) in [5.41, 5.74) is 3.99. The first-order chi connectivity index (χ1) is 7.93. The molecule has 0 bridgehead atoms. The molecule has 2 aliphatic heterocycles. The third-order valence-corrected chi connectivity index (χ3v) is 3.55. The lowest BCUT2D eigenvalue weighted by atomic mass is 9.95. The summed E-state index contributed by atoms with van der Waals surface area (Å²) in [6.07, 6.45) is 4.41. The fourth-order valence-corrected chi connectivity index (χ4v) is 2.82. The molecule has 2 heteroatoms. The number of rotatable bonds is 0. The molecule has 0 saturated heterocycles. The van der Waals surface area contributed by atoms with Crippen molar-refractivity contribution in [2.24, 2.45) is 4.99 Å². The number of benzene rings is 2. The van der Waals surface area contributed by atoms with Crippen LogP contribution in [0.15, 0.2) is 35.3 Å². The monoisotopic (exact) mass is 208 g/mol. The van der Waals surface area contributed by atoms with Crippen LogP contribution in [0.5, 0.6) is 0 Å². The molecule has 0 aliphatic carbocycles. The van der Waals surface area contributed by atoms with Crippen molar-refractivity contribution in [3.63, 3.8) is 0 Å². The fourth-order valence-electron chi connectivity index (χ4n) is 2.82. The van der Waals surface area contributed by atoms with Gasteiger partial charge in [-0.3, -0.25) is 0 Å². The van der Waals surface area contributed by atoms with Gasteiger partial charge in [0.05, 0.1) is 17.7 Å². The van der Waals surface area contributed by atoms with E-state index in [-0.39, 0.29) is 0 Å². The molecular weight excluding hydrogens is 196 g/mol. The standard InChI is InChI=1S/C14H12N2/c1-3-10-6-7-11-4-2-8-16-9-15-12(5-1)13(10)14(11)16/h1,3,5-7,9H,2,4,8H2. The van der Waals surface area contributed by atoms with Crippen molar-refractivity contribution < 1.29 is 0 Å². The highest BCUT2D eigenvalue weighted by molar-refractivity contribution is 6.10. The Bertz CT molecular complexity index is 613. The topological polar surface area (TPSA) is 15.6 Å². The van der Waals surface area contributed by atoms with Crippen molar-refractivity contribution in [2.75, 3.05) is 11.4 Å². The lowest BCUT2D eigenvalue weighted by Gasteiger charge is -2.31. The second-order valence-corrected chi connectivity index (χ2v) is 4.49. The minimum Gasteiger partial charge on any atom is -0.332 e. The number of hydrogen-bond acceptors (Lipinski definition) is 2. The number of anilines is 1. The molecule has 0 amide bonds. The van der Waals surface area contributed by atoms with Crippen molar-refractivity contribution in [2.45, 2.75) is 12.8 Å². The van der Waals surface area contributed by atoms with Crippen LogP contribution in [0.25, 0.3) is 10.8 Å². The molecule has 0 aromatic heterocycles. The molecule has 0 unspecified atom stereocenters. The van der Waals surface area contributed by atoms with E-state index in [0.29, 0.717) is 0 Å². The first-order valence-electron chi connectivity index (χ1n) is 5.79. The minimum atomic E-state index is 1.10. The zero-order valence-corrected chi connectivity index (χ0v) is 8.98. The van der Waals surface area contributed by atoms with Crippen molar-refractivity contribution >= 4 is 28.5 Å². The van der Waals surface area contributed by atoms with Crippen LogP contribution in [-0.2, 0) is 6.42 Å². The molecular formula is C14H12N2. The van der Waals surface area contributed by atoms with Gasteiger partial charge in [0.25, 0.3) is 0 Å². The molecule has 0 N–H and O–H groups in total. The van der Waals surface area contributed by atoms with Crippen molar-refractivity contribution in [1.29, 1.82) is 0 Å². The maximum absolute atomic E-state index is 4.54. The molecule has 4 rings (SSSR count). The maximum atomic E-state index is 4.54. The molecule has 2 aromatic carbocycles. The number of nitrogens with zero attached hydrogens (tertiary/aromatic N) is 2. The van der Waals surface area contributed by atoms with Crippen LogP contribution in [-0.4, -0.2) is 12.9 Å². The Balaban J connectivity index is 2.21. The van der Waals surface area contributed by atoms with E-state index < -0.39 is 0 Å². The van der Waals surface area contributed by atoms with Gasteiger partial charge in [0.15, 0.2) is 0 Å². The first-order valence-corrected chi connectivity index (χ1v) is 5.79. The molecule has 0 atom stereocenters. The van der Waals surface area contributed by atoms with Gasteiger partial charge in [0, 0.05) is 11.9 Å². The van der Waals surface area contributed by atoms with Gasteiger partial charge >= 0.3 is 0 Å². The fraction of sp³-hybridized carbons (Fsp3) is 0.214. The Morgan fingerprint density at radius 2 is 2.12 bits per heavy atom. The highest BCUT2D eigenvalue weighted by atomic mass is 15.2. The summed E-state index contributed by atoms with van der Waals surface area (Å²) in [6.45, 7) is 1.10. The van der Waals surface area contributed by atoms with E-state index in [1.807, 2.05) is 6.34 Å². The molecule has 0 spiro atoms. The lowest BCUT2D eigenvalue weighted by Crippen LogP contribution is -2.29. The van der Waals surface area contributed by atoms with Gasteiger partial charge < -0.3 is 4.90 Å². The quantitative estimate of drug-likeness (QED) is 0.648. The second-order valence-electron chi connectivity index (χ2n) is 4.49. The SMILES string of the molecule is C1=Nc2cccc3ccc4c(c23)N1CCC4. The van der Waals surface area contributed by atoms with Crippen LogP contribution in [0, 0.1) is 0 Å². The van der Waals surface area contributed by atoms with Crippen LogP contribution in [0.4, 0.5) is 11.4 Å². The summed E-state index contributed by atoms with van der Waals surface area (Å²) >= 11 is 0. The Morgan fingerprint density at radius 3 is 3.12 bits per heavy atom. The molecule has 2 aromatic rings. The predicted octanol–water partition coefficient (Wildman–Crippen LogP) is 3.27. The first kappa shape index (κ1) is 8.34. The number of aryl methyl sites for hydroxylation is 1. The number of hydrogen-bond donors (Lipinski definition) is 0. The van der Waals surface area contributed by atoms with Crippen LogP contribution < -0.4 is 4.90 Å². The van der Waals surface area contributed by atoms with E-state index in [2.05, 4.69) is 40.2 Å². The van der Waals surface area contributed by atoms with E-state index in [9.17, 15) is 0 Å². The van der Waals surface area contributed by atoms with Crippen molar-refractivity contribution in [3.8, 4) is 0 Å². The summed E-state index contributed by atoms with van der Waals surface area (Å²) in [7, 11) is 0. The summed E-state index contributed by atoms with van der Waals surface area (Å²) in [5.74, 6) is 0. The highest BCUT2D eigenvalue weighted by Crippen LogP contribution is 2.41. The van der Waals surface area contributed by atoms with Crippen LogP contribution in [0.2, 0.25) is 0 Å². The Morgan fingerprint density at radius 1 is 1.12 bits per heavy atom. The third-order valence-electron chi connectivity index (χ3n) is 3.55. The number of aliphatic imine (C=N–C) groups is 1. The van der Waals surface area contributed by atoms with Gasteiger partial charge in [-0.2, -0.15) is 0 Å². The average molecular weight is 208 g/mol. The minimum absolute atomic E-state index is 1.10. The third kappa shape index (κ3) is 0.941. The smallest absolute Gasteiger partial charge is 0.0957 e. The average Bonchev–Trinajstić information content (AvgIpc) is 2.36. The van der Waals surface area contributed by atoms with E-state index in [0.717, 1.165) is 12.2 Å². The summed E-state index contributed by atoms with van der Waals surface area (Å²) < 4.78 is 0. The Labute approximate surface area is 94.2 Å². The summed E-state index contributed by atoms with van der Waals surface area (Å²) in [5, 5.41) is 2.64. The predicted molar refractivity (Wildman–Crippen MR) is 67.8 cm³/mol. The van der Waals surface area contributed by atoms with Gasteiger partial charge in [0.2, 0.25) is 0 Å². The Hall–Kier alpha value is -1.83. The second kappa shape index (κ2) is 2.85. The van der Waals surface area contributed by atoms with Gasteiger partial charge in [0.1, 0.15) is 0 Å². The zero-order chi connectivity index (χ0) is 10.5. The van der Waals surface area contributed by atoms with Crippen molar-refractivity contribution in [3.05, 3.63) is 35.9 Å². The van der Waals surface area contributed by atoms with Gasteiger partial charge in [-0.05, 0) is 29.9 Å². The van der Waals surface area contributed by atoms with Gasteiger partial charge in [-0.1, -0.05) is 24.3 Å². The van der Waals surface area contributed by atoms with E-state index in [4.69, 9.17) is 0 Å². The molecule has 2 heterocycles. The largest absolute Gasteiger partial charge is 0.332 e. The van der Waals surface area contributed by atoms with Crippen molar-refractivity contribution in [1.82, 2.24) is 0 Å². The molecule has 16 heavy (non-hydrogen) atoms. The normalized spacial score (nSPS) is 16.9. The van der Waals surface area contributed by atoms with Gasteiger partial charge in [-0.25, -0.2) is 4.99 Å². The van der Waals surface area contributed by atoms with Crippen LogP contribution in [0.3, 0.4) is 0 Å². The molecule has 0 radical (unpaired) electrons. The summed E-state index contributed by atoms with van der Waals surface area (Å²) in [4.78, 5) is 6.84. The van der Waals surface area contributed by atoms with Crippen LogP contribution >= 0.6 is 0 Å². The Kier molecular flexibility index (Phi) is 1.48. The maximum Gasteiger partial charge on any atom is 0.0957 e. The van der Waals surface area contributed by atoms with E-state index >= 15 is 0 Å². The highest BCUT2D eigenvalue weighted by Gasteiger charge is 2.22. The molecule has 78 valence electrons.